The molecule has 0 aliphatic carbocycles. The van der Waals surface area contributed by atoms with E-state index in [1.54, 1.807) is 12.1 Å². The Kier molecular flexibility index (Phi) is 5.15. The van der Waals surface area contributed by atoms with E-state index in [0.29, 0.717) is 23.1 Å². The molecule has 0 atom stereocenters. The topological polar surface area (TPSA) is 63.7 Å². The van der Waals surface area contributed by atoms with Gasteiger partial charge in [-0.05, 0) is 24.3 Å². The van der Waals surface area contributed by atoms with E-state index < -0.39 is 16.0 Å². The van der Waals surface area contributed by atoms with Gasteiger partial charge in [-0.2, -0.15) is 0 Å². The van der Waals surface area contributed by atoms with Crippen LogP contribution in [0.1, 0.15) is 10.4 Å². The van der Waals surface area contributed by atoms with Crippen LogP contribution in [0.2, 0.25) is 0 Å². The number of ether oxygens (including phenoxy) is 1. The van der Waals surface area contributed by atoms with E-state index >= 15 is 0 Å². The molecule has 0 radical (unpaired) electrons. The van der Waals surface area contributed by atoms with Crippen LogP contribution in [0.5, 0.6) is 0 Å². The summed E-state index contributed by atoms with van der Waals surface area (Å²) in [5, 5.41) is 0.527. The van der Waals surface area contributed by atoms with Gasteiger partial charge in [0.1, 0.15) is 0 Å². The van der Waals surface area contributed by atoms with Crippen LogP contribution in [0.4, 0.5) is 5.69 Å². The molecule has 0 aliphatic heterocycles. The second kappa shape index (κ2) is 6.19. The highest BCUT2D eigenvalue weighted by molar-refractivity contribution is 9.09. The number of benzene rings is 1. The van der Waals surface area contributed by atoms with E-state index in [-0.39, 0.29) is 0 Å². The number of hydrogen-bond acceptors (Lipinski definition) is 4. The number of sulfonamides is 1. The van der Waals surface area contributed by atoms with Gasteiger partial charge in [-0.15, -0.1) is 0 Å². The predicted molar refractivity (Wildman–Crippen MR) is 73.8 cm³/mol. The smallest absolute Gasteiger partial charge is 0.337 e. The molecular formula is C11H14BrNO4S. The summed E-state index contributed by atoms with van der Waals surface area (Å²) in [4.78, 5) is 11.3. The summed E-state index contributed by atoms with van der Waals surface area (Å²) < 4.78 is 29.1. The maximum atomic E-state index is 11.6. The van der Waals surface area contributed by atoms with Gasteiger partial charge >= 0.3 is 5.97 Å². The summed E-state index contributed by atoms with van der Waals surface area (Å²) in [6, 6.07) is 6.23. The lowest BCUT2D eigenvalue weighted by Crippen LogP contribution is -2.31. The predicted octanol–water partition coefficient (Wildman–Crippen LogP) is 1.63. The maximum Gasteiger partial charge on any atom is 0.337 e. The minimum absolute atomic E-state index is 0.330. The molecule has 0 saturated carbocycles. The molecule has 7 heteroatoms. The summed E-state index contributed by atoms with van der Waals surface area (Å²) >= 11 is 3.21. The number of nitrogens with zero attached hydrogens (tertiary/aromatic N) is 1. The normalized spacial score (nSPS) is 11.1. The number of carbonyl (C=O) groups is 1. The van der Waals surface area contributed by atoms with Gasteiger partial charge in [0.15, 0.2) is 0 Å². The third kappa shape index (κ3) is 3.71. The fourth-order valence-corrected chi connectivity index (χ4v) is 2.96. The summed E-state index contributed by atoms with van der Waals surface area (Å²) in [7, 11) is -2.04. The largest absolute Gasteiger partial charge is 0.465 e. The summed E-state index contributed by atoms with van der Waals surface area (Å²) in [5.41, 5.74) is 0.901. The first-order chi connectivity index (χ1) is 8.40. The van der Waals surface area contributed by atoms with Gasteiger partial charge in [0.05, 0.1) is 24.6 Å². The highest BCUT2D eigenvalue weighted by Gasteiger charge is 2.17. The molecule has 18 heavy (non-hydrogen) atoms. The molecule has 0 fully saturated rings. The minimum Gasteiger partial charge on any atom is -0.465 e. The number of esters is 1. The van der Waals surface area contributed by atoms with Gasteiger partial charge < -0.3 is 4.74 Å². The lowest BCUT2D eigenvalue weighted by molar-refractivity contribution is 0.0601. The quantitative estimate of drug-likeness (QED) is 0.606. The van der Waals surface area contributed by atoms with Crippen LogP contribution in [-0.2, 0) is 14.8 Å². The van der Waals surface area contributed by atoms with Crippen LogP contribution in [0.3, 0.4) is 0 Å². The highest BCUT2D eigenvalue weighted by Crippen LogP contribution is 2.18. The van der Waals surface area contributed by atoms with Crippen molar-refractivity contribution in [2.45, 2.75) is 0 Å². The fourth-order valence-electron chi connectivity index (χ4n) is 1.44. The Morgan fingerprint density at radius 3 is 2.28 bits per heavy atom. The van der Waals surface area contributed by atoms with Crippen LogP contribution < -0.4 is 4.31 Å². The Morgan fingerprint density at radius 1 is 1.33 bits per heavy atom. The van der Waals surface area contributed by atoms with Gasteiger partial charge in [0.25, 0.3) is 0 Å². The number of halogens is 1. The van der Waals surface area contributed by atoms with Crippen molar-refractivity contribution in [1.82, 2.24) is 0 Å². The molecule has 0 heterocycles. The second-order valence-corrected chi connectivity index (χ2v) is 6.26. The molecular weight excluding hydrogens is 322 g/mol. The average molecular weight is 336 g/mol. The maximum absolute atomic E-state index is 11.6. The van der Waals surface area contributed by atoms with Crippen molar-refractivity contribution < 1.29 is 17.9 Å². The van der Waals surface area contributed by atoms with Crippen molar-refractivity contribution >= 4 is 37.6 Å². The van der Waals surface area contributed by atoms with Crippen LogP contribution in [-0.4, -0.2) is 39.6 Å². The van der Waals surface area contributed by atoms with E-state index in [2.05, 4.69) is 20.7 Å². The number of methoxy groups -OCH3 is 1. The fraction of sp³-hybridized carbons (Fsp3) is 0.364. The SMILES string of the molecule is COC(=O)c1ccc(N(CCBr)S(C)(=O)=O)cc1. The first-order valence-electron chi connectivity index (χ1n) is 5.12. The standard InChI is InChI=1S/C11H14BrNO4S/c1-17-11(14)9-3-5-10(6-4-9)13(8-7-12)18(2,15)16/h3-6H,7-8H2,1-2H3. The lowest BCUT2D eigenvalue weighted by Gasteiger charge is -2.21. The van der Waals surface area contributed by atoms with E-state index in [9.17, 15) is 13.2 Å². The Bertz CT molecular complexity index is 512. The zero-order chi connectivity index (χ0) is 13.8. The number of anilines is 1. The van der Waals surface area contributed by atoms with Gasteiger partial charge in [0.2, 0.25) is 10.0 Å². The minimum atomic E-state index is -3.33. The zero-order valence-electron chi connectivity index (χ0n) is 10.1. The summed E-state index contributed by atoms with van der Waals surface area (Å²) in [6.45, 7) is 0.330. The van der Waals surface area contributed by atoms with Gasteiger partial charge in [-0.3, -0.25) is 4.31 Å². The molecule has 100 valence electrons. The molecule has 5 nitrogen and oxygen atoms in total. The molecule has 0 N–H and O–H groups in total. The number of rotatable bonds is 5. The first kappa shape index (κ1) is 15.0. The van der Waals surface area contributed by atoms with Gasteiger partial charge in [-0.1, -0.05) is 15.9 Å². The molecule has 0 aromatic heterocycles. The number of alkyl halides is 1. The lowest BCUT2D eigenvalue weighted by atomic mass is 10.2. The third-order valence-corrected chi connectivity index (χ3v) is 3.81. The molecule has 0 bridgehead atoms. The monoisotopic (exact) mass is 335 g/mol. The van der Waals surface area contributed by atoms with Crippen LogP contribution >= 0.6 is 15.9 Å². The van der Waals surface area contributed by atoms with Gasteiger partial charge in [-0.25, -0.2) is 13.2 Å². The molecule has 0 saturated heterocycles. The molecule has 0 unspecified atom stereocenters. The van der Waals surface area contributed by atoms with Crippen LogP contribution in [0.25, 0.3) is 0 Å². The van der Waals surface area contributed by atoms with Crippen molar-refractivity contribution in [2.24, 2.45) is 0 Å². The molecule has 0 aliphatic rings. The van der Waals surface area contributed by atoms with Crippen LogP contribution in [0.15, 0.2) is 24.3 Å². The molecule has 0 amide bonds. The summed E-state index contributed by atoms with van der Waals surface area (Å²) in [6.07, 6.45) is 1.14. The Labute approximate surface area is 115 Å². The molecule has 0 spiro atoms. The molecule has 1 aromatic rings. The number of carbonyl (C=O) groups excluding carboxylic acids is 1. The van der Waals surface area contributed by atoms with Crippen molar-refractivity contribution in [1.29, 1.82) is 0 Å². The van der Waals surface area contributed by atoms with Crippen molar-refractivity contribution in [3.63, 3.8) is 0 Å². The van der Waals surface area contributed by atoms with Crippen molar-refractivity contribution in [3.05, 3.63) is 29.8 Å². The van der Waals surface area contributed by atoms with E-state index in [1.807, 2.05) is 0 Å². The summed E-state index contributed by atoms with van der Waals surface area (Å²) in [5.74, 6) is -0.451. The zero-order valence-corrected chi connectivity index (χ0v) is 12.5. The van der Waals surface area contributed by atoms with E-state index in [1.165, 1.54) is 23.5 Å². The van der Waals surface area contributed by atoms with Gasteiger partial charge in [0, 0.05) is 11.9 Å². The third-order valence-electron chi connectivity index (χ3n) is 2.26. The Morgan fingerprint density at radius 2 is 1.89 bits per heavy atom. The molecule has 1 aromatic carbocycles. The Hall–Kier alpha value is -1.08. The van der Waals surface area contributed by atoms with E-state index in [4.69, 9.17) is 0 Å². The molecule has 1 rings (SSSR count). The average Bonchev–Trinajstić information content (AvgIpc) is 2.34. The highest BCUT2D eigenvalue weighted by atomic mass is 79.9. The van der Waals surface area contributed by atoms with Crippen LogP contribution in [0, 0.1) is 0 Å². The van der Waals surface area contributed by atoms with Crippen molar-refractivity contribution in [3.8, 4) is 0 Å². The first-order valence-corrected chi connectivity index (χ1v) is 8.09. The van der Waals surface area contributed by atoms with E-state index in [0.717, 1.165) is 6.26 Å². The Balaban J connectivity index is 3.05. The number of hydrogen-bond donors (Lipinski definition) is 0. The second-order valence-electron chi connectivity index (χ2n) is 3.56. The van der Waals surface area contributed by atoms with Crippen molar-refractivity contribution in [2.75, 3.05) is 29.5 Å².